The van der Waals surface area contributed by atoms with E-state index in [4.69, 9.17) is 0 Å². The number of likely N-dealkylation sites (N-methyl/N-ethyl adjacent to an activating group) is 1. The van der Waals surface area contributed by atoms with Crippen LogP contribution in [0.15, 0.2) is 42.5 Å². The normalized spacial score (nSPS) is 12.2. The lowest BCUT2D eigenvalue weighted by atomic mass is 10.00. The molecule has 0 heterocycles. The smallest absolute Gasteiger partial charge is 0.315 e. The minimum Gasteiger partial charge on any atom is -0.315 e. The molecule has 0 aliphatic carbocycles. The van der Waals surface area contributed by atoms with E-state index in [2.05, 4.69) is 0 Å². The second-order valence-corrected chi connectivity index (χ2v) is 5.47. The second kappa shape index (κ2) is 6.97. The molecule has 0 N–H and O–H groups in total. The molecule has 2 rings (SSSR count). The maximum Gasteiger partial charge on any atom is 0.416 e. The van der Waals surface area contributed by atoms with Gasteiger partial charge in [0, 0.05) is 12.7 Å². The third kappa shape index (κ3) is 4.53. The Morgan fingerprint density at radius 3 is 2.00 bits per heavy atom. The summed E-state index contributed by atoms with van der Waals surface area (Å²) in [7, 11) is 1.27. The zero-order valence-electron chi connectivity index (χ0n) is 13.2. The summed E-state index contributed by atoms with van der Waals surface area (Å²) in [4.78, 5) is 13.2. The van der Waals surface area contributed by atoms with Crippen molar-refractivity contribution in [3.63, 3.8) is 0 Å². The monoisotopic (exact) mass is 379 g/mol. The average Bonchev–Trinajstić information content (AvgIpc) is 2.53. The summed E-state index contributed by atoms with van der Waals surface area (Å²) in [6.07, 6.45) is -10.8. The number of halogens is 7. The van der Waals surface area contributed by atoms with Crippen LogP contribution in [0.4, 0.5) is 36.4 Å². The van der Waals surface area contributed by atoms with Crippen molar-refractivity contribution in [1.29, 1.82) is 0 Å². The first kappa shape index (κ1) is 19.7. The summed E-state index contributed by atoms with van der Waals surface area (Å²) in [5, 5.41) is 0. The molecule has 0 atom stereocenters. The molecule has 2 aromatic carbocycles. The molecule has 0 radical (unpaired) electrons. The van der Waals surface area contributed by atoms with E-state index in [1.54, 1.807) is 0 Å². The summed E-state index contributed by atoms with van der Waals surface area (Å²) in [5.74, 6) is -1.35. The summed E-state index contributed by atoms with van der Waals surface area (Å²) in [6.45, 7) is 0. The zero-order valence-corrected chi connectivity index (χ0v) is 13.2. The Morgan fingerprint density at radius 1 is 0.923 bits per heavy atom. The van der Waals surface area contributed by atoms with E-state index in [9.17, 15) is 35.5 Å². The molecule has 2 aromatic rings. The van der Waals surface area contributed by atoms with E-state index in [1.807, 2.05) is 0 Å². The largest absolute Gasteiger partial charge is 0.416 e. The highest BCUT2D eigenvalue weighted by atomic mass is 19.4. The SMILES string of the molecule is CN(C(=O)Cc1ccc(C(F)(F)F)cc1C(F)(F)F)c1ccc(F)cc1. The maximum atomic E-state index is 13.1. The van der Waals surface area contributed by atoms with Gasteiger partial charge in [0.15, 0.2) is 0 Å². The van der Waals surface area contributed by atoms with E-state index in [1.165, 1.54) is 19.2 Å². The van der Waals surface area contributed by atoms with Gasteiger partial charge in [-0.15, -0.1) is 0 Å². The summed E-state index contributed by atoms with van der Waals surface area (Å²) >= 11 is 0. The van der Waals surface area contributed by atoms with Crippen molar-refractivity contribution in [3.8, 4) is 0 Å². The number of benzene rings is 2. The van der Waals surface area contributed by atoms with Gasteiger partial charge in [0.25, 0.3) is 0 Å². The molecule has 0 aliphatic rings. The van der Waals surface area contributed by atoms with E-state index in [0.29, 0.717) is 12.1 Å². The lowest BCUT2D eigenvalue weighted by Crippen LogP contribution is -2.28. The van der Waals surface area contributed by atoms with Crippen molar-refractivity contribution >= 4 is 11.6 Å². The maximum absolute atomic E-state index is 13.1. The van der Waals surface area contributed by atoms with Gasteiger partial charge in [-0.25, -0.2) is 4.39 Å². The number of anilines is 1. The molecule has 26 heavy (non-hydrogen) atoms. The molecule has 0 aliphatic heterocycles. The fourth-order valence-corrected chi connectivity index (χ4v) is 2.26. The topological polar surface area (TPSA) is 20.3 Å². The van der Waals surface area contributed by atoms with Gasteiger partial charge in [0.1, 0.15) is 5.82 Å². The minimum atomic E-state index is -5.05. The van der Waals surface area contributed by atoms with Crippen molar-refractivity contribution in [1.82, 2.24) is 0 Å². The van der Waals surface area contributed by atoms with Crippen LogP contribution in [0, 0.1) is 5.82 Å². The standard InChI is InChI=1S/C17H12F7NO/c1-25(13-6-4-12(18)5-7-13)15(26)8-10-2-3-11(16(19,20)21)9-14(10)17(22,23)24/h2-7,9H,8H2,1H3. The predicted molar refractivity (Wildman–Crippen MR) is 80.0 cm³/mol. The third-order valence-electron chi connectivity index (χ3n) is 3.67. The van der Waals surface area contributed by atoms with Crippen molar-refractivity contribution in [3.05, 3.63) is 65.0 Å². The fourth-order valence-electron chi connectivity index (χ4n) is 2.26. The van der Waals surface area contributed by atoms with Crippen LogP contribution in [0.25, 0.3) is 0 Å². The first-order valence-corrected chi connectivity index (χ1v) is 7.19. The van der Waals surface area contributed by atoms with Crippen LogP contribution in [0.5, 0.6) is 0 Å². The molecule has 9 heteroatoms. The minimum absolute atomic E-state index is 0.0134. The molecule has 2 nitrogen and oxygen atoms in total. The number of carbonyl (C=O) groups excluding carboxylic acids is 1. The van der Waals surface area contributed by atoms with Crippen LogP contribution in [0.1, 0.15) is 16.7 Å². The Hall–Kier alpha value is -2.58. The molecular weight excluding hydrogens is 367 g/mol. The lowest BCUT2D eigenvalue weighted by molar-refractivity contribution is -0.143. The first-order chi connectivity index (χ1) is 11.9. The van der Waals surface area contributed by atoms with Crippen molar-refractivity contribution < 1.29 is 35.5 Å². The average molecular weight is 379 g/mol. The third-order valence-corrected chi connectivity index (χ3v) is 3.67. The van der Waals surface area contributed by atoms with Crippen LogP contribution in [-0.2, 0) is 23.6 Å². The van der Waals surface area contributed by atoms with Gasteiger partial charge >= 0.3 is 12.4 Å². The molecule has 0 unspecified atom stereocenters. The molecule has 0 saturated carbocycles. The highest BCUT2D eigenvalue weighted by Gasteiger charge is 2.38. The Bertz CT molecular complexity index is 794. The first-order valence-electron chi connectivity index (χ1n) is 7.19. The van der Waals surface area contributed by atoms with E-state index in [0.717, 1.165) is 17.0 Å². The van der Waals surface area contributed by atoms with E-state index >= 15 is 0 Å². The number of hydrogen-bond acceptors (Lipinski definition) is 1. The quantitative estimate of drug-likeness (QED) is 0.682. The van der Waals surface area contributed by atoms with Gasteiger partial charge in [-0.3, -0.25) is 4.79 Å². The zero-order chi connectivity index (χ0) is 19.7. The van der Waals surface area contributed by atoms with Gasteiger partial charge in [-0.2, -0.15) is 26.3 Å². The van der Waals surface area contributed by atoms with Gasteiger partial charge in [0.2, 0.25) is 5.91 Å². The van der Waals surface area contributed by atoms with Crippen molar-refractivity contribution in [2.45, 2.75) is 18.8 Å². The van der Waals surface area contributed by atoms with Crippen molar-refractivity contribution in [2.75, 3.05) is 11.9 Å². The number of rotatable bonds is 3. The molecule has 1 amide bonds. The van der Waals surface area contributed by atoms with Gasteiger partial charge in [-0.05, 0) is 42.0 Å². The Labute approximate surface area is 143 Å². The summed E-state index contributed by atoms with van der Waals surface area (Å²) < 4.78 is 90.2. The van der Waals surface area contributed by atoms with Crippen LogP contribution in [-0.4, -0.2) is 13.0 Å². The van der Waals surface area contributed by atoms with Gasteiger partial charge in [0.05, 0.1) is 17.5 Å². The van der Waals surface area contributed by atoms with E-state index < -0.39 is 47.2 Å². The highest BCUT2D eigenvalue weighted by molar-refractivity contribution is 5.94. The highest BCUT2D eigenvalue weighted by Crippen LogP contribution is 2.37. The van der Waals surface area contributed by atoms with Crippen LogP contribution >= 0.6 is 0 Å². The van der Waals surface area contributed by atoms with Crippen LogP contribution in [0.3, 0.4) is 0 Å². The fraction of sp³-hybridized carbons (Fsp3) is 0.235. The Balaban J connectivity index is 2.33. The molecule has 140 valence electrons. The van der Waals surface area contributed by atoms with Crippen LogP contribution < -0.4 is 4.90 Å². The summed E-state index contributed by atoms with van der Waals surface area (Å²) in [6, 6.07) is 5.77. The predicted octanol–water partition coefficient (Wildman–Crippen LogP) is 5.07. The molecule has 0 bridgehead atoms. The molecular formula is C17H12F7NO. The number of nitrogens with zero attached hydrogens (tertiary/aromatic N) is 1. The van der Waals surface area contributed by atoms with Gasteiger partial charge < -0.3 is 4.90 Å². The van der Waals surface area contributed by atoms with E-state index in [-0.39, 0.29) is 11.8 Å². The Morgan fingerprint density at radius 2 is 1.50 bits per heavy atom. The number of alkyl halides is 6. The molecule has 0 fully saturated rings. The number of carbonyl (C=O) groups is 1. The molecule has 0 spiro atoms. The number of hydrogen-bond donors (Lipinski definition) is 0. The lowest BCUT2D eigenvalue weighted by Gasteiger charge is -2.20. The van der Waals surface area contributed by atoms with Gasteiger partial charge in [-0.1, -0.05) is 6.07 Å². The van der Waals surface area contributed by atoms with Crippen LogP contribution in [0.2, 0.25) is 0 Å². The molecule has 0 aromatic heterocycles. The number of amides is 1. The second-order valence-electron chi connectivity index (χ2n) is 5.47. The molecule has 0 saturated heterocycles. The summed E-state index contributed by atoms with van der Waals surface area (Å²) in [5.41, 5.74) is -3.32. The Kier molecular flexibility index (Phi) is 5.29. The van der Waals surface area contributed by atoms with Crippen molar-refractivity contribution in [2.24, 2.45) is 0 Å².